The third-order valence-electron chi connectivity index (χ3n) is 5.44. The number of nitrogens with one attached hydrogen (secondary N) is 1. The smallest absolute Gasteiger partial charge is 0.325 e. The number of halogens is 1. The molecule has 6 nitrogen and oxygen atoms in total. The van der Waals surface area contributed by atoms with Crippen LogP contribution >= 0.6 is 0 Å². The normalized spacial score (nSPS) is 26.2. The Morgan fingerprint density at radius 3 is 2.46 bits per heavy atom. The van der Waals surface area contributed by atoms with Gasteiger partial charge in [-0.1, -0.05) is 19.1 Å². The van der Waals surface area contributed by atoms with Crippen molar-refractivity contribution in [1.82, 2.24) is 15.1 Å². The molecule has 142 valence electrons. The summed E-state index contributed by atoms with van der Waals surface area (Å²) >= 11 is 0. The van der Waals surface area contributed by atoms with Crippen molar-refractivity contribution in [3.05, 3.63) is 35.6 Å². The van der Waals surface area contributed by atoms with Gasteiger partial charge in [0.2, 0.25) is 0 Å². The van der Waals surface area contributed by atoms with Crippen molar-refractivity contribution >= 4 is 11.9 Å². The first-order chi connectivity index (χ1) is 12.3. The van der Waals surface area contributed by atoms with Gasteiger partial charge in [0.05, 0.1) is 12.6 Å². The Balaban J connectivity index is 1.64. The van der Waals surface area contributed by atoms with Crippen molar-refractivity contribution in [3.8, 4) is 0 Å². The summed E-state index contributed by atoms with van der Waals surface area (Å²) in [6.45, 7) is 6.05. The van der Waals surface area contributed by atoms with E-state index in [0.29, 0.717) is 18.0 Å². The number of carbonyl (C=O) groups excluding carboxylic acids is 2. The van der Waals surface area contributed by atoms with E-state index >= 15 is 0 Å². The standard InChI is InChI=1S/C19H26FN3O3/c1-13-7-9-22(10-8-13)11-16(24)12-23-17(25)19(2,21-18(23)26)14-3-5-15(20)6-4-14/h3-6,13,16,24H,7-12H2,1-2H3,(H,21,26)/t16-,19+/m1/s1. The molecule has 2 heterocycles. The van der Waals surface area contributed by atoms with Crippen molar-refractivity contribution in [3.63, 3.8) is 0 Å². The second-order valence-corrected chi connectivity index (χ2v) is 7.61. The molecule has 0 spiro atoms. The number of rotatable bonds is 5. The zero-order chi connectivity index (χ0) is 18.9. The average molecular weight is 363 g/mol. The second-order valence-electron chi connectivity index (χ2n) is 7.61. The first-order valence-corrected chi connectivity index (χ1v) is 9.10. The molecule has 3 amide bonds. The third-order valence-corrected chi connectivity index (χ3v) is 5.44. The van der Waals surface area contributed by atoms with Gasteiger partial charge < -0.3 is 15.3 Å². The van der Waals surface area contributed by atoms with Crippen molar-refractivity contribution in [1.29, 1.82) is 0 Å². The van der Waals surface area contributed by atoms with Crippen LogP contribution < -0.4 is 5.32 Å². The van der Waals surface area contributed by atoms with Gasteiger partial charge >= 0.3 is 6.03 Å². The van der Waals surface area contributed by atoms with E-state index in [1.54, 1.807) is 6.92 Å². The number of hydrogen-bond acceptors (Lipinski definition) is 4. The van der Waals surface area contributed by atoms with Crippen molar-refractivity contribution < 1.29 is 19.1 Å². The number of imide groups is 1. The number of aliphatic hydroxyl groups is 1. The lowest BCUT2D eigenvalue weighted by molar-refractivity contribution is -0.132. The van der Waals surface area contributed by atoms with Crippen LogP contribution in [0.2, 0.25) is 0 Å². The number of benzene rings is 1. The number of β-amino-alcohol motifs (C(OH)–C–C–N with tert-alkyl or cyclic N) is 1. The minimum Gasteiger partial charge on any atom is -0.390 e. The zero-order valence-electron chi connectivity index (χ0n) is 15.2. The molecule has 2 saturated heterocycles. The summed E-state index contributed by atoms with van der Waals surface area (Å²) in [5.41, 5.74) is -0.732. The van der Waals surface area contributed by atoms with E-state index in [2.05, 4.69) is 17.1 Å². The third kappa shape index (κ3) is 3.73. The van der Waals surface area contributed by atoms with Crippen molar-refractivity contribution in [2.24, 2.45) is 5.92 Å². The van der Waals surface area contributed by atoms with E-state index in [1.807, 2.05) is 0 Å². The van der Waals surface area contributed by atoms with Crippen LogP contribution in [0.1, 0.15) is 32.3 Å². The maximum atomic E-state index is 13.1. The van der Waals surface area contributed by atoms with Crippen LogP contribution in [0.3, 0.4) is 0 Å². The average Bonchev–Trinajstić information content (AvgIpc) is 2.82. The fraction of sp³-hybridized carbons (Fsp3) is 0.579. The van der Waals surface area contributed by atoms with Gasteiger partial charge in [-0.2, -0.15) is 0 Å². The highest BCUT2D eigenvalue weighted by molar-refractivity contribution is 6.07. The number of piperidine rings is 1. The summed E-state index contributed by atoms with van der Waals surface area (Å²) in [6.07, 6.45) is 1.39. The molecule has 1 aromatic rings. The maximum absolute atomic E-state index is 13.1. The minimum atomic E-state index is -1.24. The number of aliphatic hydroxyl groups excluding tert-OH is 1. The van der Waals surface area contributed by atoms with E-state index in [0.717, 1.165) is 30.8 Å². The Labute approximate surface area is 153 Å². The molecule has 0 bridgehead atoms. The van der Waals surface area contributed by atoms with E-state index in [4.69, 9.17) is 0 Å². The molecule has 0 radical (unpaired) electrons. The highest BCUT2D eigenvalue weighted by Gasteiger charge is 2.49. The SMILES string of the molecule is CC1CCN(C[C@@H](O)CN2C(=O)N[C@@](C)(c3ccc(F)cc3)C2=O)CC1. The summed E-state index contributed by atoms with van der Waals surface area (Å²) in [5, 5.41) is 13.0. The molecule has 0 unspecified atom stereocenters. The van der Waals surface area contributed by atoms with E-state index in [9.17, 15) is 19.1 Å². The molecule has 2 aliphatic rings. The molecule has 2 fully saturated rings. The largest absolute Gasteiger partial charge is 0.390 e. The van der Waals surface area contributed by atoms with Crippen LogP contribution in [0.5, 0.6) is 0 Å². The molecular weight excluding hydrogens is 337 g/mol. The highest BCUT2D eigenvalue weighted by Crippen LogP contribution is 2.29. The Kier molecular flexibility index (Phi) is 5.29. The topological polar surface area (TPSA) is 72.9 Å². The van der Waals surface area contributed by atoms with Crippen LogP contribution in [0.15, 0.2) is 24.3 Å². The Bertz CT molecular complexity index is 673. The first-order valence-electron chi connectivity index (χ1n) is 9.10. The maximum Gasteiger partial charge on any atom is 0.325 e. The number of amides is 3. The van der Waals surface area contributed by atoms with E-state index < -0.39 is 29.4 Å². The summed E-state index contributed by atoms with van der Waals surface area (Å²) in [5.74, 6) is -0.136. The quantitative estimate of drug-likeness (QED) is 0.781. The molecule has 2 aliphatic heterocycles. The molecule has 2 N–H and O–H groups in total. The van der Waals surface area contributed by atoms with Gasteiger partial charge in [-0.05, 0) is 56.5 Å². The summed E-state index contributed by atoms with van der Waals surface area (Å²) in [6, 6.07) is 4.96. The van der Waals surface area contributed by atoms with Gasteiger partial charge in [-0.3, -0.25) is 9.69 Å². The first kappa shape index (κ1) is 18.8. The molecule has 3 rings (SSSR count). The number of urea groups is 1. The monoisotopic (exact) mass is 363 g/mol. The van der Waals surface area contributed by atoms with Crippen LogP contribution in [-0.2, 0) is 10.3 Å². The molecule has 2 atom stereocenters. The fourth-order valence-corrected chi connectivity index (χ4v) is 3.65. The Hall–Kier alpha value is -1.99. The predicted octanol–water partition coefficient (Wildman–Crippen LogP) is 1.69. The van der Waals surface area contributed by atoms with Crippen LogP contribution in [0.4, 0.5) is 9.18 Å². The van der Waals surface area contributed by atoms with Crippen LogP contribution in [-0.4, -0.2) is 59.1 Å². The Morgan fingerprint density at radius 1 is 1.23 bits per heavy atom. The number of hydrogen-bond donors (Lipinski definition) is 2. The van der Waals surface area contributed by atoms with Gasteiger partial charge in [0.1, 0.15) is 11.4 Å². The van der Waals surface area contributed by atoms with Gasteiger partial charge in [-0.25, -0.2) is 9.18 Å². The second kappa shape index (κ2) is 7.32. The van der Waals surface area contributed by atoms with Gasteiger partial charge in [0, 0.05) is 6.54 Å². The van der Waals surface area contributed by atoms with Crippen LogP contribution in [0, 0.1) is 11.7 Å². The lowest BCUT2D eigenvalue weighted by Gasteiger charge is -2.32. The van der Waals surface area contributed by atoms with E-state index in [1.165, 1.54) is 24.3 Å². The van der Waals surface area contributed by atoms with Crippen molar-refractivity contribution in [2.45, 2.75) is 38.3 Å². The predicted molar refractivity (Wildman–Crippen MR) is 94.8 cm³/mol. The fourth-order valence-electron chi connectivity index (χ4n) is 3.65. The minimum absolute atomic E-state index is 0.0481. The molecular formula is C19H26FN3O3. The molecule has 0 aliphatic carbocycles. The molecule has 0 aromatic heterocycles. The van der Waals surface area contributed by atoms with Crippen molar-refractivity contribution in [2.75, 3.05) is 26.2 Å². The van der Waals surface area contributed by atoms with Gasteiger partial charge in [-0.15, -0.1) is 0 Å². The zero-order valence-corrected chi connectivity index (χ0v) is 15.2. The van der Waals surface area contributed by atoms with Gasteiger partial charge in [0.15, 0.2) is 0 Å². The van der Waals surface area contributed by atoms with E-state index in [-0.39, 0.29) is 6.54 Å². The molecule has 0 saturated carbocycles. The number of carbonyl (C=O) groups is 2. The van der Waals surface area contributed by atoms with Crippen LogP contribution in [0.25, 0.3) is 0 Å². The summed E-state index contributed by atoms with van der Waals surface area (Å²) in [4.78, 5) is 28.3. The molecule has 7 heteroatoms. The highest BCUT2D eigenvalue weighted by atomic mass is 19.1. The Morgan fingerprint density at radius 2 is 1.85 bits per heavy atom. The number of likely N-dealkylation sites (tertiary alicyclic amines) is 1. The summed E-state index contributed by atoms with van der Waals surface area (Å²) in [7, 11) is 0. The lowest BCUT2D eigenvalue weighted by atomic mass is 9.92. The molecule has 1 aromatic carbocycles. The van der Waals surface area contributed by atoms with Gasteiger partial charge in [0.25, 0.3) is 5.91 Å². The number of nitrogens with zero attached hydrogens (tertiary/aromatic N) is 2. The molecule has 26 heavy (non-hydrogen) atoms. The summed E-state index contributed by atoms with van der Waals surface area (Å²) < 4.78 is 13.1. The lowest BCUT2D eigenvalue weighted by Crippen LogP contribution is -2.45.